The van der Waals surface area contributed by atoms with Gasteiger partial charge in [0.05, 0.1) is 11.1 Å². The van der Waals surface area contributed by atoms with Crippen molar-refractivity contribution in [2.24, 2.45) is 0 Å². The number of thiophene rings is 1. The average molecular weight is 994 g/mol. The van der Waals surface area contributed by atoms with E-state index in [-0.39, 0.29) is 0 Å². The first-order valence-electron chi connectivity index (χ1n) is 26.6. The Labute approximate surface area is 451 Å². The summed E-state index contributed by atoms with van der Waals surface area (Å²) in [6.45, 7) is 0. The molecular formula is C75H47NS. The molecule has 0 radical (unpaired) electrons. The summed E-state index contributed by atoms with van der Waals surface area (Å²) in [6.07, 6.45) is 0. The smallest absolute Gasteiger partial charge is 0.0725 e. The maximum absolute atomic E-state index is 2.50. The van der Waals surface area contributed by atoms with E-state index in [1.54, 1.807) is 0 Å². The molecule has 0 atom stereocenters. The van der Waals surface area contributed by atoms with Crippen LogP contribution in [0.2, 0.25) is 0 Å². The molecule has 0 saturated carbocycles. The van der Waals surface area contributed by atoms with E-state index >= 15 is 0 Å². The molecule has 0 N–H and O–H groups in total. The molecule has 0 saturated heterocycles. The SMILES string of the molecule is c1cc(-c2ccc3c(c2)C2(c4ccccc4-c4ccccc42)c2ccccc2-3)cc(N(c2ccc(-c3ccc(-c4cccc5ccccc45)cc3)cc2)c2ccc(-c3cccc4ccccc34)c3sc4ccccc4c23)c1. The zero-order valence-electron chi connectivity index (χ0n) is 42.0. The standard InChI is InChI=1S/C75H47NS/c1-3-22-57-50(16-1)18-14-28-58(57)52-36-34-48(35-37-52)49-38-41-55(42-39-49)76(71-45-44-65(60-29-15-19-51-17-2-4-23-59(51)60)74-73(71)66-27-8-12-33-72(66)77-74)56-21-13-20-53(46-56)54-40-43-64-63-26-7-11-32-69(63)75(70(64)47-54)67-30-9-5-24-61(67)62-25-6-10-31-68(62)75/h1-47H. The number of fused-ring (bicyclic) bond motifs is 15. The van der Waals surface area contributed by atoms with Crippen molar-refractivity contribution in [3.05, 3.63) is 307 Å². The van der Waals surface area contributed by atoms with Gasteiger partial charge in [0.2, 0.25) is 0 Å². The fraction of sp³-hybridized carbons (Fsp3) is 0.0133. The number of rotatable bonds is 7. The summed E-state index contributed by atoms with van der Waals surface area (Å²) >= 11 is 1.89. The summed E-state index contributed by atoms with van der Waals surface area (Å²) in [5, 5.41) is 7.54. The highest BCUT2D eigenvalue weighted by Gasteiger charge is 2.51. The predicted molar refractivity (Wildman–Crippen MR) is 327 cm³/mol. The molecule has 1 aromatic heterocycles. The molecule has 358 valence electrons. The molecule has 13 aromatic carbocycles. The highest BCUT2D eigenvalue weighted by atomic mass is 32.1. The first kappa shape index (κ1) is 43.8. The summed E-state index contributed by atoms with van der Waals surface area (Å²) in [6, 6.07) is 106. The van der Waals surface area contributed by atoms with Crippen LogP contribution in [0, 0.1) is 0 Å². The van der Waals surface area contributed by atoms with Crippen molar-refractivity contribution in [2.75, 3.05) is 4.90 Å². The van der Waals surface area contributed by atoms with Crippen LogP contribution in [0.1, 0.15) is 22.3 Å². The maximum atomic E-state index is 2.50. The van der Waals surface area contributed by atoms with Crippen molar-refractivity contribution in [2.45, 2.75) is 5.41 Å². The molecule has 1 nitrogen and oxygen atoms in total. The Hall–Kier alpha value is -9.60. The second kappa shape index (κ2) is 17.2. The molecule has 0 fully saturated rings. The van der Waals surface area contributed by atoms with Gasteiger partial charge in [-0.3, -0.25) is 0 Å². The van der Waals surface area contributed by atoms with E-state index in [0.717, 1.165) is 17.1 Å². The molecule has 2 aliphatic carbocycles. The lowest BCUT2D eigenvalue weighted by molar-refractivity contribution is 0.794. The van der Waals surface area contributed by atoms with Crippen LogP contribution in [-0.2, 0) is 5.41 Å². The lowest BCUT2D eigenvalue weighted by atomic mass is 9.70. The van der Waals surface area contributed by atoms with Crippen LogP contribution in [0.5, 0.6) is 0 Å². The van der Waals surface area contributed by atoms with Crippen molar-refractivity contribution in [1.29, 1.82) is 0 Å². The van der Waals surface area contributed by atoms with Gasteiger partial charge in [0.1, 0.15) is 0 Å². The van der Waals surface area contributed by atoms with Gasteiger partial charge in [0.15, 0.2) is 0 Å². The molecular weight excluding hydrogens is 947 g/mol. The van der Waals surface area contributed by atoms with Gasteiger partial charge in [-0.15, -0.1) is 11.3 Å². The first-order valence-corrected chi connectivity index (χ1v) is 27.5. The molecule has 1 heterocycles. The van der Waals surface area contributed by atoms with Gasteiger partial charge < -0.3 is 4.90 Å². The van der Waals surface area contributed by atoms with Gasteiger partial charge in [-0.2, -0.15) is 0 Å². The normalized spacial score (nSPS) is 12.8. The molecule has 1 spiro atoms. The minimum absolute atomic E-state index is 0.422. The molecule has 2 aliphatic rings. The van der Waals surface area contributed by atoms with Crippen molar-refractivity contribution >= 4 is 70.1 Å². The fourth-order valence-corrected chi connectivity index (χ4v) is 14.6. The van der Waals surface area contributed by atoms with E-state index in [2.05, 4.69) is 290 Å². The number of nitrogens with zero attached hydrogens (tertiary/aromatic N) is 1. The Kier molecular flexibility index (Phi) is 9.79. The van der Waals surface area contributed by atoms with Gasteiger partial charge in [0, 0.05) is 37.1 Å². The zero-order chi connectivity index (χ0) is 50.6. The van der Waals surface area contributed by atoms with Crippen LogP contribution < -0.4 is 4.90 Å². The van der Waals surface area contributed by atoms with Crippen LogP contribution in [0.25, 0.3) is 108 Å². The lowest BCUT2D eigenvalue weighted by Crippen LogP contribution is -2.25. The van der Waals surface area contributed by atoms with Crippen molar-refractivity contribution < 1.29 is 0 Å². The highest BCUT2D eigenvalue weighted by molar-refractivity contribution is 7.26. The van der Waals surface area contributed by atoms with E-state index in [4.69, 9.17) is 0 Å². The number of benzene rings is 13. The van der Waals surface area contributed by atoms with Crippen LogP contribution in [0.4, 0.5) is 17.1 Å². The van der Waals surface area contributed by atoms with Crippen LogP contribution >= 0.6 is 11.3 Å². The number of hydrogen-bond donors (Lipinski definition) is 0. The van der Waals surface area contributed by atoms with Gasteiger partial charge in [-0.1, -0.05) is 243 Å². The molecule has 0 aliphatic heterocycles. The average Bonchev–Trinajstić information content (AvgIpc) is 4.36. The molecule has 0 bridgehead atoms. The van der Waals surface area contributed by atoms with Crippen LogP contribution in [0.3, 0.4) is 0 Å². The molecule has 16 rings (SSSR count). The third-order valence-electron chi connectivity index (χ3n) is 16.7. The summed E-state index contributed by atoms with van der Waals surface area (Å²) in [4.78, 5) is 2.50. The Morgan fingerprint density at radius 3 is 1.42 bits per heavy atom. The van der Waals surface area contributed by atoms with Crippen molar-refractivity contribution in [3.63, 3.8) is 0 Å². The highest BCUT2D eigenvalue weighted by Crippen LogP contribution is 2.63. The summed E-state index contributed by atoms with van der Waals surface area (Å²) < 4.78 is 2.56. The van der Waals surface area contributed by atoms with E-state index in [1.807, 2.05) is 11.3 Å². The Bertz CT molecular complexity index is 4620. The Balaban J connectivity index is 0.869. The van der Waals surface area contributed by atoms with Gasteiger partial charge >= 0.3 is 0 Å². The summed E-state index contributed by atoms with van der Waals surface area (Å²) in [5.74, 6) is 0. The van der Waals surface area contributed by atoms with Gasteiger partial charge in [-0.05, 0) is 147 Å². The third-order valence-corrected chi connectivity index (χ3v) is 17.9. The molecule has 0 amide bonds. The number of hydrogen-bond acceptors (Lipinski definition) is 2. The third kappa shape index (κ3) is 6.59. The van der Waals surface area contributed by atoms with Gasteiger partial charge in [-0.25, -0.2) is 0 Å². The topological polar surface area (TPSA) is 3.24 Å². The quantitative estimate of drug-likeness (QED) is 0.154. The number of anilines is 3. The molecule has 14 aromatic rings. The largest absolute Gasteiger partial charge is 0.310 e. The Morgan fingerprint density at radius 1 is 0.273 bits per heavy atom. The first-order chi connectivity index (χ1) is 38.2. The Morgan fingerprint density at radius 2 is 0.740 bits per heavy atom. The van der Waals surface area contributed by atoms with Crippen molar-refractivity contribution in [1.82, 2.24) is 0 Å². The zero-order valence-corrected chi connectivity index (χ0v) is 42.8. The second-order valence-corrected chi connectivity index (χ2v) is 21.7. The lowest BCUT2D eigenvalue weighted by Gasteiger charge is -2.31. The minimum atomic E-state index is -0.422. The van der Waals surface area contributed by atoms with E-state index in [1.165, 1.54) is 131 Å². The van der Waals surface area contributed by atoms with Gasteiger partial charge in [0.25, 0.3) is 0 Å². The fourth-order valence-electron chi connectivity index (χ4n) is 13.3. The monoisotopic (exact) mass is 993 g/mol. The van der Waals surface area contributed by atoms with Crippen LogP contribution in [-0.4, -0.2) is 0 Å². The summed E-state index contributed by atoms with van der Waals surface area (Å²) in [7, 11) is 0. The van der Waals surface area contributed by atoms with Crippen LogP contribution in [0.15, 0.2) is 285 Å². The van der Waals surface area contributed by atoms with E-state index < -0.39 is 5.41 Å². The minimum Gasteiger partial charge on any atom is -0.310 e. The van der Waals surface area contributed by atoms with E-state index in [9.17, 15) is 0 Å². The molecule has 2 heteroatoms. The van der Waals surface area contributed by atoms with Crippen molar-refractivity contribution in [3.8, 4) is 66.8 Å². The van der Waals surface area contributed by atoms with E-state index in [0.29, 0.717) is 0 Å². The molecule has 77 heavy (non-hydrogen) atoms. The maximum Gasteiger partial charge on any atom is 0.0725 e. The predicted octanol–water partition coefficient (Wildman–Crippen LogP) is 20.8. The second-order valence-electron chi connectivity index (χ2n) is 20.6. The molecule has 0 unspecified atom stereocenters. The summed E-state index contributed by atoms with van der Waals surface area (Å²) in [5.41, 5.74) is 23.2.